The van der Waals surface area contributed by atoms with Gasteiger partial charge >= 0.3 is 0 Å². The van der Waals surface area contributed by atoms with Crippen molar-refractivity contribution in [3.05, 3.63) is 29.8 Å². The van der Waals surface area contributed by atoms with Gasteiger partial charge in [0.1, 0.15) is 0 Å². The Morgan fingerprint density at radius 1 is 1.37 bits per heavy atom. The van der Waals surface area contributed by atoms with Gasteiger partial charge < -0.3 is 10.6 Å². The molecule has 1 fully saturated rings. The van der Waals surface area contributed by atoms with Crippen molar-refractivity contribution >= 4 is 30.1 Å². The fourth-order valence-corrected chi connectivity index (χ4v) is 3.60. The van der Waals surface area contributed by atoms with Crippen molar-refractivity contribution in [2.45, 2.75) is 17.2 Å². The summed E-state index contributed by atoms with van der Waals surface area (Å²) in [5.41, 5.74) is 1.21. The van der Waals surface area contributed by atoms with Gasteiger partial charge in [0.25, 0.3) is 0 Å². The normalized spacial score (nSPS) is 21.8. The third kappa shape index (κ3) is 3.25. The highest BCUT2D eigenvalue weighted by Gasteiger charge is 2.27. The van der Waals surface area contributed by atoms with Crippen molar-refractivity contribution in [2.75, 3.05) is 25.4 Å². The first-order valence-electron chi connectivity index (χ1n) is 6.55. The van der Waals surface area contributed by atoms with Crippen LogP contribution in [-0.4, -0.2) is 31.3 Å². The van der Waals surface area contributed by atoms with E-state index in [-0.39, 0.29) is 24.2 Å². The molecule has 3 rings (SSSR count). The zero-order valence-electron chi connectivity index (χ0n) is 10.7. The van der Waals surface area contributed by atoms with Crippen LogP contribution in [0, 0.1) is 5.92 Å². The molecule has 2 N–H and O–H groups in total. The maximum atomic E-state index is 12.3. The van der Waals surface area contributed by atoms with Gasteiger partial charge in [-0.25, -0.2) is 0 Å². The van der Waals surface area contributed by atoms with E-state index in [0.29, 0.717) is 5.92 Å². The lowest BCUT2D eigenvalue weighted by atomic mass is 9.94. The third-order valence-corrected chi connectivity index (χ3v) is 4.83. The van der Waals surface area contributed by atoms with E-state index < -0.39 is 0 Å². The Morgan fingerprint density at radius 2 is 2.16 bits per heavy atom. The lowest BCUT2D eigenvalue weighted by Crippen LogP contribution is -2.48. The minimum atomic E-state index is 0. The summed E-state index contributed by atoms with van der Waals surface area (Å²) in [6.07, 6.45) is 0.955. The number of carbonyl (C=O) groups excluding carboxylic acids is 1. The van der Waals surface area contributed by atoms with E-state index in [9.17, 15) is 4.79 Å². The van der Waals surface area contributed by atoms with E-state index in [1.54, 1.807) is 0 Å². The molecule has 5 heteroatoms. The maximum absolute atomic E-state index is 12.3. The van der Waals surface area contributed by atoms with Crippen LogP contribution in [0.1, 0.15) is 17.9 Å². The van der Waals surface area contributed by atoms with E-state index in [2.05, 4.69) is 22.8 Å². The summed E-state index contributed by atoms with van der Waals surface area (Å²) in [6, 6.07) is 8.29. The molecule has 104 valence electrons. The average Bonchev–Trinajstić information content (AvgIpc) is 2.36. The number of benzene rings is 1. The Morgan fingerprint density at radius 3 is 2.89 bits per heavy atom. The summed E-state index contributed by atoms with van der Waals surface area (Å²) < 4.78 is 0. The van der Waals surface area contributed by atoms with Gasteiger partial charge in [0, 0.05) is 30.4 Å². The lowest BCUT2D eigenvalue weighted by Gasteiger charge is -2.29. The molecule has 1 aromatic carbocycles. The SMILES string of the molecule is Cl.O=C(NCC1CNC1)C1CCSc2ccccc21. The number of hydrogen-bond donors (Lipinski definition) is 2. The Bertz CT molecular complexity index is 451. The van der Waals surface area contributed by atoms with Gasteiger partial charge in [-0.3, -0.25) is 4.79 Å². The quantitative estimate of drug-likeness (QED) is 0.897. The summed E-state index contributed by atoms with van der Waals surface area (Å²) in [4.78, 5) is 13.5. The van der Waals surface area contributed by atoms with Gasteiger partial charge in [-0.15, -0.1) is 24.2 Å². The van der Waals surface area contributed by atoms with Gasteiger partial charge in [-0.1, -0.05) is 18.2 Å². The van der Waals surface area contributed by atoms with Gasteiger partial charge in [0.2, 0.25) is 5.91 Å². The van der Waals surface area contributed by atoms with Crippen molar-refractivity contribution in [1.82, 2.24) is 10.6 Å². The van der Waals surface area contributed by atoms with Crippen LogP contribution in [0.4, 0.5) is 0 Å². The minimum absolute atomic E-state index is 0. The molecule has 0 aliphatic carbocycles. The molecule has 1 amide bonds. The van der Waals surface area contributed by atoms with Crippen LogP contribution >= 0.6 is 24.2 Å². The number of carbonyl (C=O) groups is 1. The Kier molecular flexibility index (Phi) is 5.13. The second kappa shape index (κ2) is 6.64. The summed E-state index contributed by atoms with van der Waals surface area (Å²) in [6.45, 7) is 2.90. The van der Waals surface area contributed by atoms with Crippen molar-refractivity contribution in [2.24, 2.45) is 5.92 Å². The zero-order chi connectivity index (χ0) is 12.4. The monoisotopic (exact) mass is 298 g/mol. The van der Waals surface area contributed by atoms with E-state index in [0.717, 1.165) is 31.8 Å². The van der Waals surface area contributed by atoms with Crippen LogP contribution in [0.2, 0.25) is 0 Å². The molecule has 1 aromatic rings. The van der Waals surface area contributed by atoms with Gasteiger partial charge in [0.05, 0.1) is 5.92 Å². The molecule has 2 aliphatic rings. The fraction of sp³-hybridized carbons (Fsp3) is 0.500. The predicted octanol–water partition coefficient (Wildman–Crippen LogP) is 2.02. The van der Waals surface area contributed by atoms with Crippen LogP contribution in [0.25, 0.3) is 0 Å². The molecule has 0 aromatic heterocycles. The molecule has 1 atom stereocenters. The summed E-state index contributed by atoms with van der Waals surface area (Å²) >= 11 is 1.86. The standard InChI is InChI=1S/C14H18N2OS.ClH/c17-14(16-9-10-7-15-8-10)12-5-6-18-13-4-2-1-3-11(12)13;/h1-4,10,12,15H,5-9H2,(H,16,17);1H. The largest absolute Gasteiger partial charge is 0.355 e. The maximum Gasteiger partial charge on any atom is 0.227 e. The highest BCUT2D eigenvalue weighted by molar-refractivity contribution is 7.99. The highest BCUT2D eigenvalue weighted by atomic mass is 35.5. The number of thioether (sulfide) groups is 1. The first kappa shape index (κ1) is 14.7. The molecule has 0 spiro atoms. The van der Waals surface area contributed by atoms with Crippen molar-refractivity contribution in [3.8, 4) is 0 Å². The van der Waals surface area contributed by atoms with E-state index >= 15 is 0 Å². The van der Waals surface area contributed by atoms with Gasteiger partial charge in [0.15, 0.2) is 0 Å². The summed E-state index contributed by atoms with van der Waals surface area (Å²) in [5.74, 6) is 1.92. The summed E-state index contributed by atoms with van der Waals surface area (Å²) in [5, 5.41) is 6.33. The number of halogens is 1. The Balaban J connectivity index is 0.00000133. The Hall–Kier alpha value is -0.710. The lowest BCUT2D eigenvalue weighted by molar-refractivity contribution is -0.123. The second-order valence-electron chi connectivity index (χ2n) is 5.00. The molecule has 3 nitrogen and oxygen atoms in total. The van der Waals surface area contributed by atoms with Crippen LogP contribution in [0.3, 0.4) is 0 Å². The molecule has 0 radical (unpaired) electrons. The topological polar surface area (TPSA) is 41.1 Å². The van der Waals surface area contributed by atoms with Crippen molar-refractivity contribution in [3.63, 3.8) is 0 Å². The molecule has 0 bridgehead atoms. The Labute approximate surface area is 124 Å². The molecular formula is C14H19ClN2OS. The molecule has 1 unspecified atom stereocenters. The number of rotatable bonds is 3. The fourth-order valence-electron chi connectivity index (χ4n) is 2.48. The van der Waals surface area contributed by atoms with Crippen LogP contribution in [0.15, 0.2) is 29.2 Å². The van der Waals surface area contributed by atoms with Crippen LogP contribution in [-0.2, 0) is 4.79 Å². The van der Waals surface area contributed by atoms with E-state index in [4.69, 9.17) is 0 Å². The molecule has 1 saturated heterocycles. The molecule has 0 saturated carbocycles. The number of nitrogens with one attached hydrogen (secondary N) is 2. The number of hydrogen-bond acceptors (Lipinski definition) is 3. The van der Waals surface area contributed by atoms with Crippen LogP contribution < -0.4 is 10.6 Å². The van der Waals surface area contributed by atoms with Gasteiger partial charge in [-0.2, -0.15) is 0 Å². The summed E-state index contributed by atoms with van der Waals surface area (Å²) in [7, 11) is 0. The first-order chi connectivity index (χ1) is 8.84. The highest BCUT2D eigenvalue weighted by Crippen LogP contribution is 2.37. The number of fused-ring (bicyclic) bond motifs is 1. The molecular weight excluding hydrogens is 280 g/mol. The van der Waals surface area contributed by atoms with Gasteiger partial charge in [-0.05, 0) is 23.8 Å². The predicted molar refractivity (Wildman–Crippen MR) is 81.1 cm³/mol. The van der Waals surface area contributed by atoms with Crippen molar-refractivity contribution < 1.29 is 4.79 Å². The minimum Gasteiger partial charge on any atom is -0.355 e. The molecule has 19 heavy (non-hydrogen) atoms. The molecule has 2 aliphatic heterocycles. The van der Waals surface area contributed by atoms with E-state index in [1.165, 1.54) is 10.5 Å². The third-order valence-electron chi connectivity index (χ3n) is 3.71. The smallest absolute Gasteiger partial charge is 0.227 e. The zero-order valence-corrected chi connectivity index (χ0v) is 12.4. The first-order valence-corrected chi connectivity index (χ1v) is 7.53. The second-order valence-corrected chi connectivity index (χ2v) is 6.13. The molecule has 2 heterocycles. The number of amides is 1. The van der Waals surface area contributed by atoms with E-state index in [1.807, 2.05) is 23.9 Å². The van der Waals surface area contributed by atoms with Crippen LogP contribution in [0.5, 0.6) is 0 Å². The average molecular weight is 299 g/mol. The van der Waals surface area contributed by atoms with Crippen molar-refractivity contribution in [1.29, 1.82) is 0 Å².